The van der Waals surface area contributed by atoms with Gasteiger partial charge in [-0.1, -0.05) is 36.2 Å². The van der Waals surface area contributed by atoms with E-state index in [0.29, 0.717) is 13.1 Å². The number of piperidine rings is 1. The minimum atomic E-state index is -3.76. The van der Waals surface area contributed by atoms with Crippen molar-refractivity contribution in [1.29, 1.82) is 0 Å². The van der Waals surface area contributed by atoms with Crippen molar-refractivity contribution < 1.29 is 13.2 Å². The number of carbonyl (C=O) groups is 1. The minimum Gasteiger partial charge on any atom is -0.345 e. The Bertz CT molecular complexity index is 1250. The summed E-state index contributed by atoms with van der Waals surface area (Å²) in [6.45, 7) is 4.76. The maximum Gasteiger partial charge on any atom is 0.251 e. The zero-order valence-electron chi connectivity index (χ0n) is 18.7. The lowest BCUT2D eigenvalue weighted by Crippen LogP contribution is -2.36. The van der Waals surface area contributed by atoms with Gasteiger partial charge in [-0.15, -0.1) is 0 Å². The summed E-state index contributed by atoms with van der Waals surface area (Å²) in [5.74, 6) is -0.374. The highest BCUT2D eigenvalue weighted by molar-refractivity contribution is 7.89. The number of hydrogen-bond acceptors (Lipinski definition) is 4. The summed E-state index contributed by atoms with van der Waals surface area (Å²) in [6.07, 6.45) is 4.40. The molecule has 0 bridgehead atoms. The number of nitrogens with zero attached hydrogens (tertiary/aromatic N) is 3. The number of hydrogen-bond donors (Lipinski definition) is 1. The summed E-state index contributed by atoms with van der Waals surface area (Å²) in [6, 6.07) is 13.8. The fraction of sp³-hybridized carbons (Fsp3) is 0.333. The number of amides is 1. The molecule has 1 aromatic heterocycles. The molecule has 1 N–H and O–H groups in total. The number of nitrogens with one attached hydrogen (secondary N) is 1. The van der Waals surface area contributed by atoms with E-state index in [0.717, 1.165) is 36.2 Å². The Morgan fingerprint density at radius 3 is 2.48 bits per heavy atom. The molecule has 1 aliphatic heterocycles. The Labute approximate surface area is 199 Å². The molecular formula is C24H27ClN4O3S. The van der Waals surface area contributed by atoms with Crippen LogP contribution in [0.2, 0.25) is 5.02 Å². The maximum atomic E-state index is 13.1. The molecule has 1 fully saturated rings. The molecule has 4 rings (SSSR count). The highest BCUT2D eigenvalue weighted by atomic mass is 35.5. The van der Waals surface area contributed by atoms with Gasteiger partial charge in [0.25, 0.3) is 5.91 Å². The van der Waals surface area contributed by atoms with Gasteiger partial charge in [-0.05, 0) is 57.0 Å². The van der Waals surface area contributed by atoms with Crippen molar-refractivity contribution in [2.24, 2.45) is 0 Å². The molecule has 3 aromatic rings. The van der Waals surface area contributed by atoms with Crippen molar-refractivity contribution in [3.05, 3.63) is 76.6 Å². The molecule has 1 saturated heterocycles. The van der Waals surface area contributed by atoms with Gasteiger partial charge in [0.2, 0.25) is 10.0 Å². The number of rotatable bonds is 6. The van der Waals surface area contributed by atoms with Crippen molar-refractivity contribution >= 4 is 27.5 Å². The number of benzene rings is 2. The zero-order chi connectivity index (χ0) is 23.6. The smallest absolute Gasteiger partial charge is 0.251 e. The standard InChI is InChI=1S/C24H27ClN4O3S/c1-17(21-16-26-29(18(21)2)20-9-5-3-6-10-20)27-24(30)19-11-12-22(25)23(15-19)33(31,32)28-13-7-4-8-14-28/h3,5-6,9-12,15-17H,4,7-8,13-14H2,1-2H3,(H,27,30). The molecular weight excluding hydrogens is 460 g/mol. The van der Waals surface area contributed by atoms with Gasteiger partial charge in [-0.3, -0.25) is 4.79 Å². The fourth-order valence-electron chi connectivity index (χ4n) is 4.12. The van der Waals surface area contributed by atoms with Crippen molar-refractivity contribution in [1.82, 2.24) is 19.4 Å². The predicted molar refractivity (Wildman–Crippen MR) is 128 cm³/mol. The Balaban J connectivity index is 1.55. The largest absolute Gasteiger partial charge is 0.345 e. The van der Waals surface area contributed by atoms with Crippen molar-refractivity contribution in [2.45, 2.75) is 44.0 Å². The monoisotopic (exact) mass is 486 g/mol. The van der Waals surface area contributed by atoms with Crippen LogP contribution in [-0.4, -0.2) is 41.5 Å². The Morgan fingerprint density at radius 2 is 1.79 bits per heavy atom. The van der Waals surface area contributed by atoms with Crippen LogP contribution in [0.4, 0.5) is 0 Å². The van der Waals surface area contributed by atoms with Crippen LogP contribution in [-0.2, 0) is 10.0 Å². The van der Waals surface area contributed by atoms with Crippen molar-refractivity contribution in [3.63, 3.8) is 0 Å². The van der Waals surface area contributed by atoms with Gasteiger partial charge >= 0.3 is 0 Å². The molecule has 7 nitrogen and oxygen atoms in total. The minimum absolute atomic E-state index is 0.0283. The molecule has 0 spiro atoms. The van der Waals surface area contributed by atoms with E-state index in [1.165, 1.54) is 16.4 Å². The molecule has 33 heavy (non-hydrogen) atoms. The molecule has 0 radical (unpaired) electrons. The molecule has 2 aromatic carbocycles. The van der Waals surface area contributed by atoms with E-state index >= 15 is 0 Å². The van der Waals surface area contributed by atoms with Gasteiger partial charge in [-0.25, -0.2) is 13.1 Å². The second-order valence-corrected chi connectivity index (χ2v) is 10.6. The molecule has 1 aliphatic rings. The third kappa shape index (κ3) is 4.83. The summed E-state index contributed by atoms with van der Waals surface area (Å²) in [5.41, 5.74) is 2.97. The van der Waals surface area contributed by atoms with Gasteiger partial charge in [0.1, 0.15) is 4.90 Å². The molecule has 0 aliphatic carbocycles. The molecule has 2 heterocycles. The van der Waals surface area contributed by atoms with Crippen LogP contribution in [0.5, 0.6) is 0 Å². The number of halogens is 1. The van der Waals surface area contributed by atoms with E-state index in [1.54, 1.807) is 12.3 Å². The molecule has 0 saturated carbocycles. The van der Waals surface area contributed by atoms with Crippen LogP contribution < -0.4 is 5.32 Å². The second-order valence-electron chi connectivity index (χ2n) is 8.24. The fourth-order valence-corrected chi connectivity index (χ4v) is 6.14. The molecule has 1 unspecified atom stereocenters. The third-order valence-electron chi connectivity index (χ3n) is 5.99. The lowest BCUT2D eigenvalue weighted by Gasteiger charge is -2.26. The summed E-state index contributed by atoms with van der Waals surface area (Å²) >= 11 is 6.24. The first-order chi connectivity index (χ1) is 15.8. The van der Waals surface area contributed by atoms with Gasteiger partial charge in [0.15, 0.2) is 0 Å². The Hall–Kier alpha value is -2.68. The quantitative estimate of drug-likeness (QED) is 0.556. The summed E-state index contributed by atoms with van der Waals surface area (Å²) in [5, 5.41) is 7.53. The number of aromatic nitrogens is 2. The highest BCUT2D eigenvalue weighted by Gasteiger charge is 2.29. The van der Waals surface area contributed by atoms with E-state index in [9.17, 15) is 13.2 Å². The maximum absolute atomic E-state index is 13.1. The summed E-state index contributed by atoms with van der Waals surface area (Å²) < 4.78 is 29.5. The Morgan fingerprint density at radius 1 is 1.09 bits per heavy atom. The Kier molecular flexibility index (Phi) is 6.88. The number of sulfonamides is 1. The van der Waals surface area contributed by atoms with Gasteiger partial charge in [0, 0.05) is 29.9 Å². The molecule has 174 valence electrons. The summed E-state index contributed by atoms with van der Waals surface area (Å²) in [7, 11) is -3.76. The van der Waals surface area contributed by atoms with Gasteiger partial charge in [0.05, 0.1) is 22.9 Å². The normalized spacial score (nSPS) is 15.8. The highest BCUT2D eigenvalue weighted by Crippen LogP contribution is 2.28. The van der Waals surface area contributed by atoms with E-state index in [1.807, 2.05) is 48.9 Å². The first kappa shape index (κ1) is 23.5. The molecule has 9 heteroatoms. The SMILES string of the molecule is Cc1c(C(C)NC(=O)c2ccc(Cl)c(S(=O)(=O)N3CCCCC3)c2)cnn1-c1ccccc1. The number of para-hydroxylation sites is 1. The topological polar surface area (TPSA) is 84.3 Å². The van der Waals surface area contributed by atoms with Crippen LogP contribution in [0.3, 0.4) is 0 Å². The zero-order valence-corrected chi connectivity index (χ0v) is 20.2. The van der Waals surface area contributed by atoms with Crippen LogP contribution in [0.1, 0.15) is 53.8 Å². The number of carbonyl (C=O) groups excluding carboxylic acids is 1. The van der Waals surface area contributed by atoms with E-state index in [4.69, 9.17) is 11.6 Å². The third-order valence-corrected chi connectivity index (χ3v) is 8.37. The van der Waals surface area contributed by atoms with E-state index in [2.05, 4.69) is 10.4 Å². The van der Waals surface area contributed by atoms with Crippen LogP contribution in [0.15, 0.2) is 59.6 Å². The molecule has 1 amide bonds. The lowest BCUT2D eigenvalue weighted by molar-refractivity contribution is 0.0939. The second kappa shape index (κ2) is 9.67. The molecule has 1 atom stereocenters. The lowest BCUT2D eigenvalue weighted by atomic mass is 10.1. The van der Waals surface area contributed by atoms with Gasteiger partial charge < -0.3 is 5.32 Å². The van der Waals surface area contributed by atoms with Crippen molar-refractivity contribution in [3.8, 4) is 5.69 Å². The average molecular weight is 487 g/mol. The van der Waals surface area contributed by atoms with Crippen LogP contribution in [0, 0.1) is 6.92 Å². The van der Waals surface area contributed by atoms with Crippen LogP contribution >= 0.6 is 11.6 Å². The average Bonchev–Trinajstić information content (AvgIpc) is 3.21. The van der Waals surface area contributed by atoms with Crippen LogP contribution in [0.25, 0.3) is 5.69 Å². The predicted octanol–water partition coefficient (Wildman–Crippen LogP) is 4.50. The van der Waals surface area contributed by atoms with Crippen molar-refractivity contribution in [2.75, 3.05) is 13.1 Å². The summed E-state index contributed by atoms with van der Waals surface area (Å²) in [4.78, 5) is 13.0. The first-order valence-electron chi connectivity index (χ1n) is 11.0. The van der Waals surface area contributed by atoms with E-state index in [-0.39, 0.29) is 27.4 Å². The first-order valence-corrected chi connectivity index (χ1v) is 12.8. The van der Waals surface area contributed by atoms with E-state index < -0.39 is 10.0 Å². The van der Waals surface area contributed by atoms with Gasteiger partial charge in [-0.2, -0.15) is 9.40 Å².